The van der Waals surface area contributed by atoms with Gasteiger partial charge in [0.05, 0.1) is 24.1 Å². The quantitative estimate of drug-likeness (QED) is 0.550. The number of anilines is 2. The number of aromatic nitrogens is 5. The predicted octanol–water partition coefficient (Wildman–Crippen LogP) is 2.62. The fourth-order valence-corrected chi connectivity index (χ4v) is 6.07. The Morgan fingerprint density at radius 3 is 2.37 bits per heavy atom. The number of hydrogen-bond donors (Lipinski definition) is 2. The van der Waals surface area contributed by atoms with E-state index in [1.807, 2.05) is 11.0 Å². The number of nitrogens with one attached hydrogen (secondary N) is 1. The molecule has 0 bridgehead atoms. The van der Waals surface area contributed by atoms with E-state index in [-0.39, 0.29) is 37.8 Å². The maximum Gasteiger partial charge on any atom is 0.391 e. The Bertz CT molecular complexity index is 1310. The number of nitrogen functional groups attached to an aromatic ring is 1. The van der Waals surface area contributed by atoms with E-state index in [1.165, 1.54) is 10.6 Å². The molecule has 5 rings (SSSR count). The zero-order chi connectivity index (χ0) is 25.0. The Hall–Kier alpha value is -2.87. The van der Waals surface area contributed by atoms with Gasteiger partial charge >= 0.3 is 6.18 Å². The molecule has 2 fully saturated rings. The molecular formula is C21H27F3N8O2S. The largest absolute Gasteiger partial charge is 0.391 e. The molecule has 35 heavy (non-hydrogen) atoms. The van der Waals surface area contributed by atoms with Crippen molar-refractivity contribution in [1.82, 2.24) is 29.1 Å². The molecule has 10 nitrogen and oxygen atoms in total. The van der Waals surface area contributed by atoms with Crippen LogP contribution in [0.3, 0.4) is 0 Å². The van der Waals surface area contributed by atoms with Gasteiger partial charge in [-0.1, -0.05) is 0 Å². The van der Waals surface area contributed by atoms with Gasteiger partial charge in [-0.25, -0.2) is 17.2 Å². The summed E-state index contributed by atoms with van der Waals surface area (Å²) in [5.74, 6) is -1.25. The van der Waals surface area contributed by atoms with Crippen molar-refractivity contribution in [1.29, 1.82) is 0 Å². The maximum absolute atomic E-state index is 13.3. The first kappa shape index (κ1) is 23.9. The van der Waals surface area contributed by atoms with Gasteiger partial charge in [0.2, 0.25) is 16.0 Å². The van der Waals surface area contributed by atoms with Crippen LogP contribution < -0.4 is 10.6 Å². The van der Waals surface area contributed by atoms with Crippen molar-refractivity contribution in [3.63, 3.8) is 0 Å². The number of aromatic amines is 1. The van der Waals surface area contributed by atoms with Crippen LogP contribution in [-0.2, 0) is 10.0 Å². The third kappa shape index (κ3) is 4.56. The van der Waals surface area contributed by atoms with Crippen LogP contribution in [0.25, 0.3) is 16.8 Å². The van der Waals surface area contributed by atoms with Gasteiger partial charge in [-0.05, 0) is 31.7 Å². The SMILES string of the molecule is CS(=O)(=O)N1CCC(c2cc(-c3cn[nH]c3)c(N3CCC(C(F)(F)F)CC3)c3nc(N)nn23)CC1. The fraction of sp³-hybridized carbons (Fsp3) is 0.571. The van der Waals surface area contributed by atoms with E-state index < -0.39 is 22.1 Å². The molecule has 0 atom stereocenters. The first-order valence-corrected chi connectivity index (χ1v) is 13.3. The van der Waals surface area contributed by atoms with Crippen molar-refractivity contribution in [3.8, 4) is 11.1 Å². The van der Waals surface area contributed by atoms with E-state index in [2.05, 4.69) is 20.3 Å². The Balaban J connectivity index is 1.57. The molecule has 3 aromatic heterocycles. The second-order valence-electron chi connectivity index (χ2n) is 9.26. The lowest BCUT2D eigenvalue weighted by molar-refractivity contribution is -0.179. The van der Waals surface area contributed by atoms with Crippen LogP contribution >= 0.6 is 0 Å². The van der Waals surface area contributed by atoms with Gasteiger partial charge in [0.25, 0.3) is 0 Å². The maximum atomic E-state index is 13.3. The normalized spacial score (nSPS) is 19.6. The summed E-state index contributed by atoms with van der Waals surface area (Å²) in [6.45, 7) is 1.24. The Morgan fingerprint density at radius 2 is 1.80 bits per heavy atom. The molecule has 14 heteroatoms. The Kier molecular flexibility index (Phi) is 5.90. The molecule has 0 aliphatic carbocycles. The molecule has 3 aromatic rings. The smallest absolute Gasteiger partial charge is 0.368 e. The molecule has 2 aliphatic heterocycles. The monoisotopic (exact) mass is 512 g/mol. The summed E-state index contributed by atoms with van der Waals surface area (Å²) in [6.07, 6.45) is 1.58. The molecule has 0 unspecified atom stereocenters. The number of fused-ring (bicyclic) bond motifs is 1. The van der Waals surface area contributed by atoms with Crippen LogP contribution in [0.1, 0.15) is 37.3 Å². The number of rotatable bonds is 4. The van der Waals surface area contributed by atoms with Crippen molar-refractivity contribution in [2.45, 2.75) is 37.8 Å². The van der Waals surface area contributed by atoms with Gasteiger partial charge in [0, 0.05) is 55.1 Å². The van der Waals surface area contributed by atoms with E-state index in [4.69, 9.17) is 5.73 Å². The molecule has 5 heterocycles. The summed E-state index contributed by atoms with van der Waals surface area (Å²) < 4.78 is 66.9. The molecule has 2 aliphatic rings. The minimum Gasteiger partial charge on any atom is -0.368 e. The Morgan fingerprint density at radius 1 is 1.11 bits per heavy atom. The minimum absolute atomic E-state index is 0.00416. The number of hydrogen-bond acceptors (Lipinski definition) is 7. The molecule has 3 N–H and O–H groups in total. The highest BCUT2D eigenvalue weighted by atomic mass is 32.2. The van der Waals surface area contributed by atoms with Crippen LogP contribution in [-0.4, -0.2) is 76.1 Å². The van der Waals surface area contributed by atoms with Gasteiger partial charge < -0.3 is 10.6 Å². The van der Waals surface area contributed by atoms with Crippen molar-refractivity contribution in [3.05, 3.63) is 24.2 Å². The van der Waals surface area contributed by atoms with Gasteiger partial charge in [-0.3, -0.25) is 5.10 Å². The Labute approximate surface area is 200 Å². The molecule has 0 spiro atoms. The van der Waals surface area contributed by atoms with Crippen molar-refractivity contribution >= 4 is 27.3 Å². The average Bonchev–Trinajstić information content (AvgIpc) is 3.46. The number of piperidine rings is 2. The lowest BCUT2D eigenvalue weighted by Gasteiger charge is -2.36. The van der Waals surface area contributed by atoms with E-state index >= 15 is 0 Å². The van der Waals surface area contributed by atoms with E-state index in [1.54, 1.807) is 16.9 Å². The molecule has 0 saturated carbocycles. The second kappa shape index (κ2) is 8.66. The van der Waals surface area contributed by atoms with Crippen molar-refractivity contribution in [2.75, 3.05) is 43.1 Å². The number of pyridine rings is 1. The molecule has 2 saturated heterocycles. The number of halogens is 3. The summed E-state index contributed by atoms with van der Waals surface area (Å²) in [5, 5.41) is 11.3. The zero-order valence-electron chi connectivity index (χ0n) is 19.2. The number of alkyl halides is 3. The average molecular weight is 513 g/mol. The van der Waals surface area contributed by atoms with Gasteiger partial charge in [0.1, 0.15) is 0 Å². The predicted molar refractivity (Wildman–Crippen MR) is 124 cm³/mol. The number of nitrogens with zero attached hydrogens (tertiary/aromatic N) is 6. The molecular weight excluding hydrogens is 485 g/mol. The molecule has 0 radical (unpaired) electrons. The summed E-state index contributed by atoms with van der Waals surface area (Å²) in [7, 11) is -3.27. The topological polar surface area (TPSA) is 126 Å². The van der Waals surface area contributed by atoms with Crippen LogP contribution in [0.5, 0.6) is 0 Å². The van der Waals surface area contributed by atoms with E-state index in [0.29, 0.717) is 37.3 Å². The standard InChI is InChI=1S/C21H27F3N8O2S/c1-35(33,34)31-8-2-13(3-9-31)17-10-16(14-11-26-27-12-14)18(19-28-20(25)29-32(17)19)30-6-4-15(5-7-30)21(22,23)24/h10-13,15H,2-9H2,1H3,(H2,25,29)(H,26,27). The summed E-state index contributed by atoms with van der Waals surface area (Å²) in [5.41, 5.74) is 9.54. The number of sulfonamides is 1. The van der Waals surface area contributed by atoms with Crippen LogP contribution in [0.4, 0.5) is 24.8 Å². The summed E-state index contributed by atoms with van der Waals surface area (Å²) >= 11 is 0. The first-order chi connectivity index (χ1) is 16.5. The highest BCUT2D eigenvalue weighted by molar-refractivity contribution is 7.88. The lowest BCUT2D eigenvalue weighted by atomic mass is 9.91. The third-order valence-corrected chi connectivity index (χ3v) is 8.35. The number of H-pyrrole nitrogens is 1. The van der Waals surface area contributed by atoms with E-state index in [0.717, 1.165) is 16.8 Å². The second-order valence-corrected chi connectivity index (χ2v) is 11.2. The van der Waals surface area contributed by atoms with Crippen molar-refractivity contribution < 1.29 is 21.6 Å². The fourth-order valence-electron chi connectivity index (χ4n) is 5.19. The van der Waals surface area contributed by atoms with Crippen LogP contribution in [0, 0.1) is 5.92 Å². The van der Waals surface area contributed by atoms with Gasteiger partial charge in [0.15, 0.2) is 5.65 Å². The van der Waals surface area contributed by atoms with Crippen LogP contribution in [0.15, 0.2) is 18.5 Å². The number of nitrogens with two attached hydrogens (primary N) is 1. The van der Waals surface area contributed by atoms with Crippen molar-refractivity contribution in [2.24, 2.45) is 5.92 Å². The molecule has 0 aromatic carbocycles. The highest BCUT2D eigenvalue weighted by Gasteiger charge is 2.42. The first-order valence-electron chi connectivity index (χ1n) is 11.5. The van der Waals surface area contributed by atoms with Gasteiger partial charge in [-0.2, -0.15) is 23.3 Å². The van der Waals surface area contributed by atoms with Crippen LogP contribution in [0.2, 0.25) is 0 Å². The lowest BCUT2D eigenvalue weighted by Crippen LogP contribution is -2.39. The van der Waals surface area contributed by atoms with E-state index in [9.17, 15) is 21.6 Å². The zero-order valence-corrected chi connectivity index (χ0v) is 20.0. The molecule has 190 valence electrons. The summed E-state index contributed by atoms with van der Waals surface area (Å²) in [4.78, 5) is 6.39. The summed E-state index contributed by atoms with van der Waals surface area (Å²) in [6, 6.07) is 1.97. The minimum atomic E-state index is -4.21. The van der Waals surface area contributed by atoms with Gasteiger partial charge in [-0.15, -0.1) is 5.10 Å². The third-order valence-electron chi connectivity index (χ3n) is 7.05. The highest BCUT2D eigenvalue weighted by Crippen LogP contribution is 2.42. The molecule has 0 amide bonds.